The van der Waals surface area contributed by atoms with Crippen LogP contribution in [0.4, 0.5) is 5.69 Å². The summed E-state index contributed by atoms with van der Waals surface area (Å²) < 4.78 is 26.4. The van der Waals surface area contributed by atoms with Crippen LogP contribution in [-0.2, 0) is 10.0 Å². The first-order valence-corrected chi connectivity index (χ1v) is 11.3. The summed E-state index contributed by atoms with van der Waals surface area (Å²) in [6, 6.07) is 9.87. The van der Waals surface area contributed by atoms with E-state index < -0.39 is 15.9 Å². The van der Waals surface area contributed by atoms with E-state index in [0.29, 0.717) is 22.4 Å². The van der Waals surface area contributed by atoms with Gasteiger partial charge in [0.1, 0.15) is 0 Å². The molecule has 1 aliphatic rings. The lowest BCUT2D eigenvalue weighted by Gasteiger charge is -2.17. The standard InChI is InChI=1S/C22H27N3O4S/c1-15-12-18(14-20(16(15)2)30(28,29)24(3)4)21(26)23-19-9-7-8-17(13-19)22(27)25-10-5-6-11-25/h7-9,12-14H,5-6,10-11H2,1-4H3,(H,23,26). The highest BCUT2D eigenvalue weighted by molar-refractivity contribution is 7.89. The lowest BCUT2D eigenvalue weighted by Crippen LogP contribution is -2.27. The van der Waals surface area contributed by atoms with E-state index in [1.54, 1.807) is 44.2 Å². The van der Waals surface area contributed by atoms with Crippen molar-refractivity contribution in [1.29, 1.82) is 0 Å². The monoisotopic (exact) mass is 429 g/mol. The van der Waals surface area contributed by atoms with E-state index in [1.165, 1.54) is 20.2 Å². The molecule has 1 N–H and O–H groups in total. The number of rotatable bonds is 5. The van der Waals surface area contributed by atoms with Crippen LogP contribution in [0.1, 0.15) is 44.7 Å². The number of sulfonamides is 1. The number of carbonyl (C=O) groups excluding carboxylic acids is 2. The molecule has 0 atom stereocenters. The second-order valence-corrected chi connectivity index (χ2v) is 9.86. The molecule has 1 saturated heterocycles. The number of nitrogens with zero attached hydrogens (tertiary/aromatic N) is 2. The lowest BCUT2D eigenvalue weighted by atomic mass is 10.1. The zero-order valence-electron chi connectivity index (χ0n) is 17.7. The molecule has 0 radical (unpaired) electrons. The number of nitrogens with one attached hydrogen (secondary N) is 1. The maximum absolute atomic E-state index is 12.8. The van der Waals surface area contributed by atoms with Crippen LogP contribution < -0.4 is 5.32 Å². The number of benzene rings is 2. The Morgan fingerprint density at radius 2 is 1.67 bits per heavy atom. The SMILES string of the molecule is Cc1cc(C(=O)Nc2cccc(C(=O)N3CCCC3)c2)cc(S(=O)(=O)N(C)C)c1C. The number of amides is 2. The van der Waals surface area contributed by atoms with Gasteiger partial charge in [0.05, 0.1) is 4.90 Å². The van der Waals surface area contributed by atoms with Crippen molar-refractivity contribution in [2.24, 2.45) is 0 Å². The van der Waals surface area contributed by atoms with Gasteiger partial charge >= 0.3 is 0 Å². The molecule has 1 heterocycles. The molecular formula is C22H27N3O4S. The van der Waals surface area contributed by atoms with E-state index in [0.717, 1.165) is 30.2 Å². The Balaban J connectivity index is 1.87. The molecule has 0 unspecified atom stereocenters. The van der Waals surface area contributed by atoms with Crippen molar-refractivity contribution < 1.29 is 18.0 Å². The minimum Gasteiger partial charge on any atom is -0.339 e. The molecule has 3 rings (SSSR count). The van der Waals surface area contributed by atoms with Gasteiger partial charge in [-0.25, -0.2) is 12.7 Å². The summed E-state index contributed by atoms with van der Waals surface area (Å²) in [7, 11) is -0.767. The summed E-state index contributed by atoms with van der Waals surface area (Å²) in [5, 5.41) is 2.78. The van der Waals surface area contributed by atoms with Crippen LogP contribution in [0.15, 0.2) is 41.3 Å². The van der Waals surface area contributed by atoms with E-state index in [9.17, 15) is 18.0 Å². The van der Waals surface area contributed by atoms with Gasteiger partial charge in [-0.05, 0) is 68.1 Å². The molecule has 8 heteroatoms. The molecule has 0 spiro atoms. The Bertz CT molecular complexity index is 1090. The van der Waals surface area contributed by atoms with E-state index in [-0.39, 0.29) is 16.4 Å². The molecule has 2 aromatic rings. The van der Waals surface area contributed by atoms with Crippen molar-refractivity contribution in [1.82, 2.24) is 9.21 Å². The predicted octanol–water partition coefficient (Wildman–Crippen LogP) is 3.04. The number of hydrogen-bond acceptors (Lipinski definition) is 4. The highest BCUT2D eigenvalue weighted by atomic mass is 32.2. The molecular weight excluding hydrogens is 402 g/mol. The molecule has 7 nitrogen and oxygen atoms in total. The summed E-state index contributed by atoms with van der Waals surface area (Å²) >= 11 is 0. The highest BCUT2D eigenvalue weighted by Gasteiger charge is 2.23. The molecule has 0 saturated carbocycles. The second-order valence-electron chi connectivity index (χ2n) is 7.74. The number of aryl methyl sites for hydroxylation is 1. The Hall–Kier alpha value is -2.71. The van der Waals surface area contributed by atoms with Crippen molar-refractivity contribution >= 4 is 27.5 Å². The molecule has 30 heavy (non-hydrogen) atoms. The van der Waals surface area contributed by atoms with Crippen LogP contribution in [0.25, 0.3) is 0 Å². The molecule has 0 aliphatic carbocycles. The third kappa shape index (κ3) is 4.39. The fourth-order valence-corrected chi connectivity index (χ4v) is 4.68. The first-order chi connectivity index (χ1) is 14.1. The quantitative estimate of drug-likeness (QED) is 0.791. The molecule has 2 amide bonds. The average molecular weight is 430 g/mol. The van der Waals surface area contributed by atoms with Gasteiger partial charge in [0, 0.05) is 44.0 Å². The number of hydrogen-bond donors (Lipinski definition) is 1. The highest BCUT2D eigenvalue weighted by Crippen LogP contribution is 2.24. The summed E-state index contributed by atoms with van der Waals surface area (Å²) in [5.74, 6) is -0.479. The van der Waals surface area contributed by atoms with Crippen LogP contribution in [0, 0.1) is 13.8 Å². The Kier molecular flexibility index (Phi) is 6.28. The largest absolute Gasteiger partial charge is 0.339 e. The van der Waals surface area contributed by atoms with E-state index in [1.807, 2.05) is 4.90 Å². The van der Waals surface area contributed by atoms with Crippen LogP contribution in [0.5, 0.6) is 0 Å². The minimum atomic E-state index is -3.68. The maximum atomic E-state index is 12.8. The van der Waals surface area contributed by atoms with E-state index in [4.69, 9.17) is 0 Å². The summed E-state index contributed by atoms with van der Waals surface area (Å²) in [6.45, 7) is 5.00. The van der Waals surface area contributed by atoms with Gasteiger partial charge in [-0.1, -0.05) is 6.07 Å². The average Bonchev–Trinajstić information content (AvgIpc) is 3.24. The third-order valence-electron chi connectivity index (χ3n) is 5.40. The fraction of sp³-hybridized carbons (Fsp3) is 0.364. The third-order valence-corrected chi connectivity index (χ3v) is 7.34. The van der Waals surface area contributed by atoms with Gasteiger partial charge in [-0.3, -0.25) is 9.59 Å². The number of likely N-dealkylation sites (tertiary alicyclic amines) is 1. The van der Waals surface area contributed by atoms with Gasteiger partial charge in [-0.2, -0.15) is 0 Å². The van der Waals surface area contributed by atoms with Gasteiger partial charge in [0.25, 0.3) is 11.8 Å². The van der Waals surface area contributed by atoms with Crippen LogP contribution in [0.2, 0.25) is 0 Å². The lowest BCUT2D eigenvalue weighted by molar-refractivity contribution is 0.0792. The number of anilines is 1. The summed E-state index contributed by atoms with van der Waals surface area (Å²) in [6.07, 6.45) is 2.01. The van der Waals surface area contributed by atoms with Crippen molar-refractivity contribution in [3.63, 3.8) is 0 Å². The van der Waals surface area contributed by atoms with Crippen molar-refractivity contribution in [3.8, 4) is 0 Å². The van der Waals surface area contributed by atoms with Gasteiger partial charge < -0.3 is 10.2 Å². The first-order valence-electron chi connectivity index (χ1n) is 9.85. The summed E-state index contributed by atoms with van der Waals surface area (Å²) in [4.78, 5) is 27.4. The minimum absolute atomic E-state index is 0.0471. The predicted molar refractivity (Wildman–Crippen MR) is 116 cm³/mol. The van der Waals surface area contributed by atoms with Crippen molar-refractivity contribution in [2.45, 2.75) is 31.6 Å². The second kappa shape index (κ2) is 8.57. The molecule has 0 aromatic heterocycles. The van der Waals surface area contributed by atoms with Gasteiger partial charge in [-0.15, -0.1) is 0 Å². The van der Waals surface area contributed by atoms with Crippen LogP contribution in [-0.4, -0.2) is 56.6 Å². The summed E-state index contributed by atoms with van der Waals surface area (Å²) in [5.41, 5.74) is 2.57. The topological polar surface area (TPSA) is 86.8 Å². The molecule has 1 fully saturated rings. The first kappa shape index (κ1) is 22.0. The Morgan fingerprint density at radius 3 is 2.30 bits per heavy atom. The number of carbonyl (C=O) groups is 2. The van der Waals surface area contributed by atoms with E-state index in [2.05, 4.69) is 5.32 Å². The van der Waals surface area contributed by atoms with Gasteiger partial charge in [0.2, 0.25) is 10.0 Å². The molecule has 160 valence electrons. The van der Waals surface area contributed by atoms with E-state index >= 15 is 0 Å². The fourth-order valence-electron chi connectivity index (χ4n) is 3.46. The smallest absolute Gasteiger partial charge is 0.255 e. The maximum Gasteiger partial charge on any atom is 0.255 e. The zero-order chi connectivity index (χ0) is 22.1. The molecule has 1 aliphatic heterocycles. The Morgan fingerprint density at radius 1 is 1.00 bits per heavy atom. The van der Waals surface area contributed by atoms with Crippen molar-refractivity contribution in [3.05, 3.63) is 58.7 Å². The molecule has 2 aromatic carbocycles. The van der Waals surface area contributed by atoms with Crippen LogP contribution >= 0.6 is 0 Å². The van der Waals surface area contributed by atoms with Crippen molar-refractivity contribution in [2.75, 3.05) is 32.5 Å². The normalized spacial score (nSPS) is 14.2. The Labute approximate surface area is 177 Å². The zero-order valence-corrected chi connectivity index (χ0v) is 18.5. The van der Waals surface area contributed by atoms with Gasteiger partial charge in [0.15, 0.2) is 0 Å². The molecule has 0 bridgehead atoms. The van der Waals surface area contributed by atoms with Crippen LogP contribution in [0.3, 0.4) is 0 Å².